The molecule has 92 valence electrons. The maximum Gasteiger partial charge on any atom is 0.242 e. The van der Waals surface area contributed by atoms with Crippen molar-refractivity contribution < 1.29 is 4.79 Å². The van der Waals surface area contributed by atoms with Gasteiger partial charge in [0.1, 0.15) is 5.88 Å². The molecule has 2 nitrogen and oxygen atoms in total. The first-order chi connectivity index (χ1) is 7.97. The summed E-state index contributed by atoms with van der Waals surface area (Å²) in [4.78, 5) is 13.9. The van der Waals surface area contributed by atoms with Gasteiger partial charge in [-0.25, -0.2) is 0 Å². The fourth-order valence-electron chi connectivity index (χ4n) is 2.92. The van der Waals surface area contributed by atoms with Crippen LogP contribution < -0.4 is 4.90 Å². The molecule has 0 radical (unpaired) electrons. The molecule has 1 aromatic rings. The summed E-state index contributed by atoms with van der Waals surface area (Å²) >= 11 is 5.72. The van der Waals surface area contributed by atoms with Crippen LogP contribution in [-0.2, 0) is 4.79 Å². The summed E-state index contributed by atoms with van der Waals surface area (Å²) in [5.74, 6) is 0.489. The lowest BCUT2D eigenvalue weighted by atomic mass is 9.80. The zero-order valence-electron chi connectivity index (χ0n) is 10.5. The number of halogens is 1. The second-order valence-corrected chi connectivity index (χ2v) is 5.61. The summed E-state index contributed by atoms with van der Waals surface area (Å²) < 4.78 is 0. The molecule has 1 aliphatic rings. The Kier molecular flexibility index (Phi) is 3.17. The molecule has 17 heavy (non-hydrogen) atoms. The van der Waals surface area contributed by atoms with Crippen molar-refractivity contribution >= 4 is 23.2 Å². The normalized spacial score (nSPS) is 22.1. The molecule has 1 aliphatic heterocycles. The lowest BCUT2D eigenvalue weighted by Crippen LogP contribution is -2.52. The van der Waals surface area contributed by atoms with Crippen LogP contribution in [0.5, 0.6) is 0 Å². The Labute approximate surface area is 108 Å². The summed E-state index contributed by atoms with van der Waals surface area (Å²) in [6.45, 7) is 6.41. The second-order valence-electron chi connectivity index (χ2n) is 5.34. The molecule has 0 unspecified atom stereocenters. The molecule has 0 saturated heterocycles. The minimum absolute atomic E-state index is 0.0176. The zero-order chi connectivity index (χ0) is 12.6. The van der Waals surface area contributed by atoms with Gasteiger partial charge in [0.15, 0.2) is 0 Å². The molecule has 1 atom stereocenters. The van der Waals surface area contributed by atoms with E-state index in [9.17, 15) is 4.79 Å². The number of nitrogens with zero attached hydrogens (tertiary/aromatic N) is 1. The minimum atomic E-state index is -0.167. The van der Waals surface area contributed by atoms with Crippen LogP contribution in [0.2, 0.25) is 0 Å². The summed E-state index contributed by atoms with van der Waals surface area (Å²) in [6.07, 6.45) is 0.965. The summed E-state index contributed by atoms with van der Waals surface area (Å²) in [5, 5.41) is 0. The number of alkyl halides is 1. The van der Waals surface area contributed by atoms with Crippen LogP contribution in [0.25, 0.3) is 0 Å². The molecule has 2 rings (SSSR count). The van der Waals surface area contributed by atoms with Crippen LogP contribution in [0, 0.1) is 0 Å². The Morgan fingerprint density at radius 2 is 2.12 bits per heavy atom. The van der Waals surface area contributed by atoms with Gasteiger partial charge in [0.2, 0.25) is 5.91 Å². The highest BCUT2D eigenvalue weighted by atomic mass is 35.5. The number of anilines is 1. The maximum absolute atomic E-state index is 12.0. The van der Waals surface area contributed by atoms with Gasteiger partial charge in [0.05, 0.1) is 0 Å². The second kappa shape index (κ2) is 4.34. The van der Waals surface area contributed by atoms with Gasteiger partial charge in [-0.2, -0.15) is 0 Å². The Morgan fingerprint density at radius 1 is 1.47 bits per heavy atom. The predicted molar refractivity (Wildman–Crippen MR) is 71.8 cm³/mol. The van der Waals surface area contributed by atoms with E-state index in [-0.39, 0.29) is 17.3 Å². The molecule has 0 aliphatic carbocycles. The van der Waals surface area contributed by atoms with E-state index in [1.54, 1.807) is 0 Å². The molecule has 0 spiro atoms. The number of para-hydroxylation sites is 1. The third kappa shape index (κ3) is 2.06. The van der Waals surface area contributed by atoms with Gasteiger partial charge in [-0.15, -0.1) is 11.6 Å². The zero-order valence-corrected chi connectivity index (χ0v) is 11.3. The number of fused-ring (bicyclic) bond motifs is 1. The van der Waals surface area contributed by atoms with Crippen molar-refractivity contribution in [3.05, 3.63) is 29.8 Å². The first kappa shape index (κ1) is 12.4. The van der Waals surface area contributed by atoms with E-state index >= 15 is 0 Å². The number of benzene rings is 1. The van der Waals surface area contributed by atoms with E-state index < -0.39 is 0 Å². The molecule has 1 aromatic carbocycles. The topological polar surface area (TPSA) is 20.3 Å². The van der Waals surface area contributed by atoms with Gasteiger partial charge >= 0.3 is 0 Å². The third-order valence-electron chi connectivity index (χ3n) is 3.48. The number of carbonyl (C=O) groups excluding carboxylic acids is 1. The lowest BCUT2D eigenvalue weighted by molar-refractivity contribution is -0.117. The van der Waals surface area contributed by atoms with Gasteiger partial charge in [0.25, 0.3) is 0 Å². The van der Waals surface area contributed by atoms with E-state index in [0.717, 1.165) is 12.1 Å². The Balaban J connectivity index is 2.55. The number of hydrogen-bond acceptors (Lipinski definition) is 1. The first-order valence-electron chi connectivity index (χ1n) is 5.95. The highest BCUT2D eigenvalue weighted by Crippen LogP contribution is 2.43. The summed E-state index contributed by atoms with van der Waals surface area (Å²) in [5.41, 5.74) is 2.09. The monoisotopic (exact) mass is 251 g/mol. The molecular formula is C14H18ClNO. The van der Waals surface area contributed by atoms with Crippen molar-refractivity contribution in [2.75, 3.05) is 10.8 Å². The van der Waals surface area contributed by atoms with Gasteiger partial charge in [-0.1, -0.05) is 25.1 Å². The van der Waals surface area contributed by atoms with E-state index in [2.05, 4.69) is 26.8 Å². The highest BCUT2D eigenvalue weighted by molar-refractivity contribution is 6.29. The van der Waals surface area contributed by atoms with E-state index in [0.29, 0.717) is 5.92 Å². The molecule has 0 saturated carbocycles. The SMILES string of the molecule is C[C@H]1CC(C)(C)N(C(=O)CCl)c2ccccc21. The van der Waals surface area contributed by atoms with Gasteiger partial charge in [-0.05, 0) is 37.8 Å². The van der Waals surface area contributed by atoms with Crippen molar-refractivity contribution in [1.29, 1.82) is 0 Å². The molecule has 3 heteroatoms. The van der Waals surface area contributed by atoms with Crippen molar-refractivity contribution in [2.45, 2.75) is 38.6 Å². The molecule has 0 bridgehead atoms. The van der Waals surface area contributed by atoms with E-state index in [4.69, 9.17) is 11.6 Å². The summed E-state index contributed by atoms with van der Waals surface area (Å²) in [7, 11) is 0. The maximum atomic E-state index is 12.0. The van der Waals surface area contributed by atoms with Crippen LogP contribution in [-0.4, -0.2) is 17.3 Å². The van der Waals surface area contributed by atoms with Crippen LogP contribution >= 0.6 is 11.6 Å². The largest absolute Gasteiger partial charge is 0.306 e. The number of amides is 1. The van der Waals surface area contributed by atoms with Crippen LogP contribution in [0.15, 0.2) is 24.3 Å². The van der Waals surface area contributed by atoms with Crippen LogP contribution in [0.3, 0.4) is 0 Å². The minimum Gasteiger partial charge on any atom is -0.306 e. The van der Waals surface area contributed by atoms with Crippen LogP contribution in [0.4, 0.5) is 5.69 Å². The number of rotatable bonds is 1. The van der Waals surface area contributed by atoms with Crippen molar-refractivity contribution in [2.24, 2.45) is 0 Å². The smallest absolute Gasteiger partial charge is 0.242 e. The molecule has 0 aromatic heterocycles. The van der Waals surface area contributed by atoms with Crippen molar-refractivity contribution in [1.82, 2.24) is 0 Å². The number of carbonyl (C=O) groups is 1. The van der Waals surface area contributed by atoms with Crippen molar-refractivity contribution in [3.8, 4) is 0 Å². The van der Waals surface area contributed by atoms with E-state index in [1.807, 2.05) is 23.1 Å². The van der Waals surface area contributed by atoms with Gasteiger partial charge in [0, 0.05) is 11.2 Å². The molecular weight excluding hydrogens is 234 g/mol. The molecule has 0 fully saturated rings. The van der Waals surface area contributed by atoms with Gasteiger partial charge in [-0.3, -0.25) is 4.79 Å². The van der Waals surface area contributed by atoms with Crippen molar-refractivity contribution in [3.63, 3.8) is 0 Å². The summed E-state index contributed by atoms with van der Waals surface area (Å²) in [6, 6.07) is 8.11. The Hall–Kier alpha value is -1.02. The first-order valence-corrected chi connectivity index (χ1v) is 6.49. The Morgan fingerprint density at radius 3 is 2.76 bits per heavy atom. The molecule has 0 N–H and O–H groups in total. The lowest BCUT2D eigenvalue weighted by Gasteiger charge is -2.45. The standard InChI is InChI=1S/C14H18ClNO/c1-10-8-14(2,3)16(13(17)9-15)12-7-5-4-6-11(10)12/h4-7,10H,8-9H2,1-3H3/t10-/m0/s1. The molecule has 1 heterocycles. The average molecular weight is 252 g/mol. The number of hydrogen-bond donors (Lipinski definition) is 0. The molecule has 1 amide bonds. The third-order valence-corrected chi connectivity index (χ3v) is 3.71. The average Bonchev–Trinajstić information content (AvgIpc) is 2.27. The highest BCUT2D eigenvalue weighted by Gasteiger charge is 2.39. The van der Waals surface area contributed by atoms with Gasteiger partial charge < -0.3 is 4.90 Å². The quantitative estimate of drug-likeness (QED) is 0.699. The fourth-order valence-corrected chi connectivity index (χ4v) is 3.04. The van der Waals surface area contributed by atoms with E-state index in [1.165, 1.54) is 5.56 Å². The fraction of sp³-hybridized carbons (Fsp3) is 0.500. The Bertz CT molecular complexity index is 442. The van der Waals surface area contributed by atoms with Crippen LogP contribution in [0.1, 0.15) is 38.7 Å². The predicted octanol–water partition coefficient (Wildman–Crippen LogP) is 3.54.